The first kappa shape index (κ1) is 11.4. The van der Waals surface area contributed by atoms with Gasteiger partial charge in [0.25, 0.3) is 0 Å². The Hall–Kier alpha value is -0.630. The molecule has 0 aromatic heterocycles. The predicted octanol–water partition coefficient (Wildman–Crippen LogP) is -0.265. The molecule has 80 valence electrons. The van der Waals surface area contributed by atoms with Crippen LogP contribution in [-0.4, -0.2) is 62.7 Å². The third-order valence-electron chi connectivity index (χ3n) is 2.76. The van der Waals surface area contributed by atoms with Gasteiger partial charge in [0.2, 0.25) is 0 Å². The molecule has 4 nitrogen and oxygen atoms in total. The summed E-state index contributed by atoms with van der Waals surface area (Å²) in [7, 11) is 4.00. The monoisotopic (exact) mass is 196 g/mol. The highest BCUT2D eigenvalue weighted by Crippen LogP contribution is 2.01. The van der Waals surface area contributed by atoms with E-state index in [9.17, 15) is 0 Å². The van der Waals surface area contributed by atoms with Crippen LogP contribution in [0.4, 0.5) is 0 Å². The van der Waals surface area contributed by atoms with Gasteiger partial charge in [-0.3, -0.25) is 4.90 Å². The smallest absolute Gasteiger partial charge is 0.108 e. The molecule has 1 N–H and O–H groups in total. The van der Waals surface area contributed by atoms with Crippen molar-refractivity contribution < 1.29 is 0 Å². The zero-order valence-corrected chi connectivity index (χ0v) is 9.16. The summed E-state index contributed by atoms with van der Waals surface area (Å²) < 4.78 is 0. The van der Waals surface area contributed by atoms with E-state index in [0.717, 1.165) is 26.2 Å². The Bertz CT molecular complexity index is 199. The SMILES string of the molecule is CNC(C#N)CN1CCCN(C)CC1. The van der Waals surface area contributed by atoms with Gasteiger partial charge in [0.1, 0.15) is 6.04 Å². The highest BCUT2D eigenvalue weighted by atomic mass is 15.2. The van der Waals surface area contributed by atoms with Crippen molar-refractivity contribution in [2.75, 3.05) is 46.8 Å². The minimum atomic E-state index is -0.0293. The van der Waals surface area contributed by atoms with Gasteiger partial charge in [-0.25, -0.2) is 0 Å². The van der Waals surface area contributed by atoms with Crippen LogP contribution in [-0.2, 0) is 0 Å². The maximum absolute atomic E-state index is 8.83. The van der Waals surface area contributed by atoms with Crippen LogP contribution in [0.2, 0.25) is 0 Å². The van der Waals surface area contributed by atoms with Gasteiger partial charge in [0.15, 0.2) is 0 Å². The molecule has 1 unspecified atom stereocenters. The van der Waals surface area contributed by atoms with Crippen LogP contribution < -0.4 is 5.32 Å². The quantitative estimate of drug-likeness (QED) is 0.675. The Morgan fingerprint density at radius 3 is 2.79 bits per heavy atom. The van der Waals surface area contributed by atoms with Gasteiger partial charge in [-0.05, 0) is 33.6 Å². The number of rotatable bonds is 3. The second kappa shape index (κ2) is 5.97. The number of nitrogens with zero attached hydrogens (tertiary/aromatic N) is 3. The average Bonchev–Trinajstić information content (AvgIpc) is 2.40. The summed E-state index contributed by atoms with van der Waals surface area (Å²) in [5.74, 6) is 0. The van der Waals surface area contributed by atoms with Crippen molar-refractivity contribution in [3.8, 4) is 6.07 Å². The Kier molecular flexibility index (Phi) is 4.88. The molecule has 0 aromatic rings. The molecule has 14 heavy (non-hydrogen) atoms. The minimum absolute atomic E-state index is 0.0293. The fourth-order valence-corrected chi connectivity index (χ4v) is 1.74. The Labute approximate surface area is 86.5 Å². The lowest BCUT2D eigenvalue weighted by molar-refractivity contribution is 0.264. The van der Waals surface area contributed by atoms with Crippen LogP contribution in [0.25, 0.3) is 0 Å². The maximum Gasteiger partial charge on any atom is 0.108 e. The summed E-state index contributed by atoms with van der Waals surface area (Å²) in [5.41, 5.74) is 0. The first-order valence-electron chi connectivity index (χ1n) is 5.24. The standard InChI is InChI=1S/C10H20N4/c1-12-10(8-11)9-14-5-3-4-13(2)6-7-14/h10,12H,3-7,9H2,1-2H3. The maximum atomic E-state index is 8.83. The summed E-state index contributed by atoms with van der Waals surface area (Å²) in [6, 6.07) is 2.24. The number of nitriles is 1. The van der Waals surface area contributed by atoms with Gasteiger partial charge < -0.3 is 10.2 Å². The van der Waals surface area contributed by atoms with Crippen LogP contribution in [0.3, 0.4) is 0 Å². The topological polar surface area (TPSA) is 42.3 Å². The lowest BCUT2D eigenvalue weighted by Crippen LogP contribution is -2.40. The van der Waals surface area contributed by atoms with E-state index >= 15 is 0 Å². The molecule has 1 heterocycles. The van der Waals surface area contributed by atoms with Gasteiger partial charge in [-0.1, -0.05) is 0 Å². The fraction of sp³-hybridized carbons (Fsp3) is 0.900. The molecule has 0 radical (unpaired) electrons. The molecule has 1 fully saturated rings. The summed E-state index contributed by atoms with van der Waals surface area (Å²) in [6.45, 7) is 5.33. The van der Waals surface area contributed by atoms with Gasteiger partial charge in [0, 0.05) is 19.6 Å². The lowest BCUT2D eigenvalue weighted by atomic mass is 10.3. The van der Waals surface area contributed by atoms with Gasteiger partial charge in [-0.2, -0.15) is 5.26 Å². The Morgan fingerprint density at radius 1 is 1.36 bits per heavy atom. The summed E-state index contributed by atoms with van der Waals surface area (Å²) in [4.78, 5) is 4.72. The van der Waals surface area contributed by atoms with Crippen LogP contribution in [0.1, 0.15) is 6.42 Å². The molecule has 0 amide bonds. The van der Waals surface area contributed by atoms with E-state index < -0.39 is 0 Å². The highest BCUT2D eigenvalue weighted by Gasteiger charge is 2.15. The largest absolute Gasteiger partial charge is 0.305 e. The normalized spacial score (nSPS) is 22.6. The second-order valence-corrected chi connectivity index (χ2v) is 3.93. The van der Waals surface area contributed by atoms with Crippen molar-refractivity contribution in [3.63, 3.8) is 0 Å². The third kappa shape index (κ3) is 3.62. The molecule has 1 aliphatic rings. The van der Waals surface area contributed by atoms with Crippen molar-refractivity contribution in [3.05, 3.63) is 0 Å². The van der Waals surface area contributed by atoms with E-state index in [1.807, 2.05) is 7.05 Å². The Balaban J connectivity index is 2.33. The average molecular weight is 196 g/mol. The second-order valence-electron chi connectivity index (χ2n) is 3.93. The fourth-order valence-electron chi connectivity index (χ4n) is 1.74. The van der Waals surface area contributed by atoms with E-state index in [-0.39, 0.29) is 6.04 Å². The van der Waals surface area contributed by atoms with E-state index in [4.69, 9.17) is 5.26 Å². The van der Waals surface area contributed by atoms with E-state index in [0.29, 0.717) is 0 Å². The first-order chi connectivity index (χ1) is 6.76. The van der Waals surface area contributed by atoms with Gasteiger partial charge >= 0.3 is 0 Å². The van der Waals surface area contributed by atoms with Crippen molar-refractivity contribution in [1.82, 2.24) is 15.1 Å². The molecule has 0 aromatic carbocycles. The van der Waals surface area contributed by atoms with E-state index in [1.54, 1.807) is 0 Å². The molecule has 1 rings (SSSR count). The molecule has 0 aliphatic carbocycles. The molecule has 1 atom stereocenters. The summed E-state index contributed by atoms with van der Waals surface area (Å²) >= 11 is 0. The first-order valence-corrected chi connectivity index (χ1v) is 5.24. The van der Waals surface area contributed by atoms with Gasteiger partial charge in [0.05, 0.1) is 6.07 Å². The molecule has 4 heteroatoms. The molecular formula is C10H20N4. The zero-order chi connectivity index (χ0) is 10.4. The molecule has 0 spiro atoms. The van der Waals surface area contributed by atoms with E-state index in [2.05, 4.69) is 28.2 Å². The van der Waals surface area contributed by atoms with Crippen molar-refractivity contribution in [2.24, 2.45) is 0 Å². The summed E-state index contributed by atoms with van der Waals surface area (Å²) in [6.07, 6.45) is 1.21. The van der Waals surface area contributed by atoms with Crippen LogP contribution in [0.5, 0.6) is 0 Å². The van der Waals surface area contributed by atoms with Crippen LogP contribution >= 0.6 is 0 Å². The summed E-state index contributed by atoms with van der Waals surface area (Å²) in [5, 5.41) is 11.8. The van der Waals surface area contributed by atoms with Crippen molar-refractivity contribution in [1.29, 1.82) is 5.26 Å². The third-order valence-corrected chi connectivity index (χ3v) is 2.76. The number of nitrogens with one attached hydrogen (secondary N) is 1. The van der Waals surface area contributed by atoms with Gasteiger partial charge in [-0.15, -0.1) is 0 Å². The predicted molar refractivity (Wildman–Crippen MR) is 57.0 cm³/mol. The van der Waals surface area contributed by atoms with E-state index in [1.165, 1.54) is 13.0 Å². The van der Waals surface area contributed by atoms with Crippen LogP contribution in [0.15, 0.2) is 0 Å². The minimum Gasteiger partial charge on any atom is -0.305 e. The van der Waals surface area contributed by atoms with Crippen molar-refractivity contribution in [2.45, 2.75) is 12.5 Å². The number of hydrogen-bond acceptors (Lipinski definition) is 4. The lowest BCUT2D eigenvalue weighted by Gasteiger charge is -2.22. The highest BCUT2D eigenvalue weighted by molar-refractivity contribution is 4.91. The zero-order valence-electron chi connectivity index (χ0n) is 9.16. The Morgan fingerprint density at radius 2 is 2.14 bits per heavy atom. The molecule has 0 bridgehead atoms. The molecule has 1 aliphatic heterocycles. The number of likely N-dealkylation sites (N-methyl/N-ethyl adjacent to an activating group) is 2. The molecule has 1 saturated heterocycles. The molecule has 0 saturated carbocycles. The van der Waals surface area contributed by atoms with Crippen LogP contribution in [0, 0.1) is 11.3 Å². The number of hydrogen-bond donors (Lipinski definition) is 1. The molecular weight excluding hydrogens is 176 g/mol. The van der Waals surface area contributed by atoms with Crippen molar-refractivity contribution >= 4 is 0 Å².